The fourth-order valence-electron chi connectivity index (χ4n) is 4.13. The quantitative estimate of drug-likeness (QED) is 0.312. The lowest BCUT2D eigenvalue weighted by atomic mass is 9.84. The van der Waals surface area contributed by atoms with Gasteiger partial charge in [-0.3, -0.25) is 14.4 Å². The zero-order valence-corrected chi connectivity index (χ0v) is 22.2. The molecule has 0 bridgehead atoms. The average Bonchev–Trinajstić information content (AvgIpc) is 2.87. The molecule has 3 rings (SSSR count). The van der Waals surface area contributed by atoms with Crippen molar-refractivity contribution in [2.24, 2.45) is 5.73 Å². The second-order valence-electron chi connectivity index (χ2n) is 8.36. The van der Waals surface area contributed by atoms with Gasteiger partial charge in [0.25, 0.3) is 0 Å². The van der Waals surface area contributed by atoms with Crippen LogP contribution in [0.5, 0.6) is 0 Å². The van der Waals surface area contributed by atoms with E-state index in [0.29, 0.717) is 5.56 Å². The van der Waals surface area contributed by atoms with E-state index in [1.54, 1.807) is 30.3 Å². The van der Waals surface area contributed by atoms with E-state index in [4.69, 9.17) is 29.4 Å². The molecule has 0 aliphatic carbocycles. The second kappa shape index (κ2) is 12.9. The molecule has 1 unspecified atom stereocenters. The molecule has 2 aliphatic rings. The molecule has 1 aromatic carbocycles. The first kappa shape index (κ1) is 29.8. The Bertz CT molecular complexity index is 1330. The highest BCUT2D eigenvalue weighted by Crippen LogP contribution is 2.43. The Labute approximate surface area is 232 Å². The fourth-order valence-corrected chi connectivity index (χ4v) is 5.33. The largest absolute Gasteiger partial charge is 0.506 e. The highest BCUT2D eigenvalue weighted by molar-refractivity contribution is 8.03. The third kappa shape index (κ3) is 6.82. The van der Waals surface area contributed by atoms with Crippen molar-refractivity contribution in [2.75, 3.05) is 0 Å². The van der Waals surface area contributed by atoms with Crippen molar-refractivity contribution in [3.8, 4) is 12.1 Å². The molecule has 0 saturated carbocycles. The number of carboxylic acid groups (broad SMARTS) is 1. The normalized spacial score (nSPS) is 25.9. The molecule has 14 nitrogen and oxygen atoms in total. The fraction of sp³-hybridized carbons (Fsp3) is 0.360. The van der Waals surface area contributed by atoms with Crippen LogP contribution in [-0.4, -0.2) is 59.2 Å². The summed E-state index contributed by atoms with van der Waals surface area (Å²) in [7, 11) is 0. The first-order valence-electron chi connectivity index (χ1n) is 11.6. The number of allylic oxidation sites excluding steroid dienone is 2. The van der Waals surface area contributed by atoms with Gasteiger partial charge in [-0.05, 0) is 5.56 Å². The van der Waals surface area contributed by atoms with Gasteiger partial charge in [0.2, 0.25) is 12.4 Å². The van der Waals surface area contributed by atoms with Crippen LogP contribution < -0.4 is 11.1 Å². The number of nitriles is 2. The highest BCUT2D eigenvalue weighted by Gasteiger charge is 2.54. The average molecular weight is 573 g/mol. The van der Waals surface area contributed by atoms with Crippen LogP contribution in [0.2, 0.25) is 0 Å². The SMILES string of the molecule is CC(=O)O[C@H]1O[C@@H](SC2=C(C#N)C(c3ccccc3)C(C#N)=C(N)N2)[C@H](OC(C)=O)[C@@H](OC(C)=O)[C@@H]1OC(=O)O. The number of ether oxygens (including phenoxy) is 5. The minimum atomic E-state index is -1.81. The van der Waals surface area contributed by atoms with Crippen molar-refractivity contribution < 1.29 is 48.0 Å². The molecule has 15 heteroatoms. The number of dihydropyridines is 1. The Morgan fingerprint density at radius 2 is 1.48 bits per heavy atom. The minimum Gasteiger partial charge on any atom is -0.455 e. The summed E-state index contributed by atoms with van der Waals surface area (Å²) in [5, 5.41) is 32.1. The van der Waals surface area contributed by atoms with Gasteiger partial charge in [0.15, 0.2) is 17.6 Å². The van der Waals surface area contributed by atoms with E-state index in [1.165, 1.54) is 0 Å². The number of nitrogens with zero attached hydrogens (tertiary/aromatic N) is 2. The Morgan fingerprint density at radius 1 is 0.900 bits per heavy atom. The molecule has 0 spiro atoms. The van der Waals surface area contributed by atoms with Crippen LogP contribution in [0.4, 0.5) is 4.79 Å². The number of carbonyl (C=O) groups is 4. The van der Waals surface area contributed by atoms with E-state index in [-0.39, 0.29) is 22.0 Å². The number of hydrogen-bond acceptors (Lipinski definition) is 14. The van der Waals surface area contributed by atoms with Crippen molar-refractivity contribution in [2.45, 2.75) is 56.7 Å². The van der Waals surface area contributed by atoms with Crippen molar-refractivity contribution >= 4 is 35.8 Å². The van der Waals surface area contributed by atoms with Crippen LogP contribution in [0, 0.1) is 22.7 Å². The summed E-state index contributed by atoms with van der Waals surface area (Å²) >= 11 is 0.759. The molecule has 2 aliphatic heterocycles. The predicted octanol–water partition coefficient (Wildman–Crippen LogP) is 1.71. The summed E-state index contributed by atoms with van der Waals surface area (Å²) in [5.41, 5.74) is 5.51. The second-order valence-corrected chi connectivity index (χ2v) is 9.47. The van der Waals surface area contributed by atoms with Gasteiger partial charge in [0.1, 0.15) is 5.82 Å². The van der Waals surface area contributed by atoms with E-state index >= 15 is 0 Å². The number of nitrogens with one attached hydrogen (secondary N) is 1. The summed E-state index contributed by atoms with van der Waals surface area (Å²) in [6.07, 6.45) is -8.46. The molecule has 40 heavy (non-hydrogen) atoms. The Hall–Kier alpha value is -4.73. The number of rotatable bonds is 7. The Balaban J connectivity index is 2.13. The highest BCUT2D eigenvalue weighted by atomic mass is 32.2. The van der Waals surface area contributed by atoms with Crippen molar-refractivity contribution in [1.82, 2.24) is 5.32 Å². The number of thioether (sulfide) groups is 1. The molecular formula is C25H24N4O10S. The third-order valence-corrected chi connectivity index (χ3v) is 6.71. The first-order valence-corrected chi connectivity index (χ1v) is 12.4. The summed E-state index contributed by atoms with van der Waals surface area (Å²) in [5.74, 6) is -3.56. The number of benzene rings is 1. The summed E-state index contributed by atoms with van der Waals surface area (Å²) in [6.45, 7) is 3.11. The predicted molar refractivity (Wildman–Crippen MR) is 134 cm³/mol. The molecule has 4 N–H and O–H groups in total. The molecule has 1 aromatic rings. The van der Waals surface area contributed by atoms with E-state index in [0.717, 1.165) is 32.5 Å². The van der Waals surface area contributed by atoms with Gasteiger partial charge in [-0.25, -0.2) is 4.79 Å². The van der Waals surface area contributed by atoms with E-state index in [1.807, 2.05) is 6.07 Å². The van der Waals surface area contributed by atoms with Crippen LogP contribution in [0.15, 0.2) is 52.3 Å². The molecule has 6 atom stereocenters. The van der Waals surface area contributed by atoms with Crippen LogP contribution in [0.25, 0.3) is 0 Å². The van der Waals surface area contributed by atoms with Crippen molar-refractivity contribution in [3.05, 3.63) is 57.9 Å². The number of carbonyl (C=O) groups excluding carboxylic acids is 3. The van der Waals surface area contributed by atoms with Crippen LogP contribution >= 0.6 is 11.8 Å². The van der Waals surface area contributed by atoms with E-state index in [2.05, 4.69) is 11.4 Å². The van der Waals surface area contributed by atoms with Gasteiger partial charge in [-0.2, -0.15) is 10.5 Å². The monoisotopic (exact) mass is 572 g/mol. The first-order chi connectivity index (χ1) is 19.0. The summed E-state index contributed by atoms with van der Waals surface area (Å²) in [4.78, 5) is 47.3. The van der Waals surface area contributed by atoms with Crippen LogP contribution in [0.1, 0.15) is 32.3 Å². The van der Waals surface area contributed by atoms with Crippen LogP contribution in [-0.2, 0) is 38.1 Å². The molecule has 0 radical (unpaired) electrons. The lowest BCUT2D eigenvalue weighted by Crippen LogP contribution is -2.61. The maximum absolute atomic E-state index is 12.0. The lowest BCUT2D eigenvalue weighted by Gasteiger charge is -2.43. The smallest absolute Gasteiger partial charge is 0.455 e. The van der Waals surface area contributed by atoms with E-state index in [9.17, 15) is 34.8 Å². The van der Waals surface area contributed by atoms with Crippen molar-refractivity contribution in [3.63, 3.8) is 0 Å². The Morgan fingerprint density at radius 3 is 2.00 bits per heavy atom. The molecule has 1 saturated heterocycles. The van der Waals surface area contributed by atoms with Gasteiger partial charge in [-0.1, -0.05) is 42.1 Å². The third-order valence-electron chi connectivity index (χ3n) is 5.54. The standard InChI is InChI=1S/C25H24N4O10S/c1-11(30)35-18-19(38-25(33)34)23(37-13(3)32)39-24(20(18)36-12(2)31)40-22-16(10-27)17(14-7-5-4-6-8-14)15(9-26)21(28)29-22/h4-8,17-20,23-24,29H,28H2,1-3H3,(H,33,34)/t17?,18-,19-,20+,23-,24-/m0/s1. The maximum atomic E-state index is 12.0. The van der Waals surface area contributed by atoms with E-state index < -0.39 is 60.0 Å². The zero-order valence-electron chi connectivity index (χ0n) is 21.4. The van der Waals surface area contributed by atoms with Gasteiger partial charge in [0, 0.05) is 20.8 Å². The van der Waals surface area contributed by atoms with Gasteiger partial charge >= 0.3 is 24.1 Å². The molecule has 210 valence electrons. The molecule has 0 aromatic heterocycles. The topological polar surface area (TPSA) is 220 Å². The molecule has 2 heterocycles. The number of hydrogen-bond donors (Lipinski definition) is 3. The minimum absolute atomic E-state index is 0.0575. The molecule has 0 amide bonds. The molecule has 1 fully saturated rings. The summed E-state index contributed by atoms with van der Waals surface area (Å²) < 4.78 is 26.4. The maximum Gasteiger partial charge on any atom is 0.506 e. The van der Waals surface area contributed by atoms with Gasteiger partial charge in [-0.15, -0.1) is 0 Å². The van der Waals surface area contributed by atoms with Gasteiger partial charge in [0.05, 0.1) is 34.2 Å². The lowest BCUT2D eigenvalue weighted by molar-refractivity contribution is -0.277. The van der Waals surface area contributed by atoms with Gasteiger partial charge < -0.3 is 39.8 Å². The summed E-state index contributed by atoms with van der Waals surface area (Å²) in [6, 6.07) is 12.7. The number of esters is 3. The molecular weight excluding hydrogens is 548 g/mol. The Kier molecular flexibility index (Phi) is 9.60. The van der Waals surface area contributed by atoms with Crippen LogP contribution in [0.3, 0.4) is 0 Å². The van der Waals surface area contributed by atoms with Crippen molar-refractivity contribution in [1.29, 1.82) is 10.5 Å². The zero-order chi connectivity index (χ0) is 29.6. The number of nitrogens with two attached hydrogens (primary N) is 1.